The molecule has 4 heteroatoms. The lowest BCUT2D eigenvalue weighted by Gasteiger charge is -2.31. The molecule has 0 bridgehead atoms. The zero-order valence-electron chi connectivity index (χ0n) is 15.5. The van der Waals surface area contributed by atoms with Crippen molar-refractivity contribution in [2.45, 2.75) is 31.7 Å². The lowest BCUT2D eigenvalue weighted by Crippen LogP contribution is -2.50. The minimum absolute atomic E-state index is 0.258. The molecule has 2 rings (SSSR count). The zero-order valence-corrected chi connectivity index (χ0v) is 15.5. The molecular weight excluding hydrogens is 326 g/mol. The molecular formula is C22H25NO3. The normalized spacial score (nSPS) is 12.1. The Morgan fingerprint density at radius 1 is 1.04 bits per heavy atom. The molecule has 0 heterocycles. The van der Waals surface area contributed by atoms with Gasteiger partial charge in [0.2, 0.25) is 5.91 Å². The molecule has 0 aliphatic rings. The van der Waals surface area contributed by atoms with Crippen LogP contribution in [0, 0.1) is 0 Å². The molecule has 1 amide bonds. The number of carbonyl (C=O) groups is 2. The van der Waals surface area contributed by atoms with Gasteiger partial charge in [0.15, 0.2) is 0 Å². The Balaban J connectivity index is 2.44. The fraction of sp³-hybridized carbons (Fsp3) is 0.273. The van der Waals surface area contributed by atoms with E-state index in [0.29, 0.717) is 6.42 Å². The largest absolute Gasteiger partial charge is 0.467 e. The van der Waals surface area contributed by atoms with Crippen molar-refractivity contribution in [3.63, 3.8) is 0 Å². The Labute approximate surface area is 154 Å². The fourth-order valence-electron chi connectivity index (χ4n) is 2.96. The van der Waals surface area contributed by atoms with E-state index in [-0.39, 0.29) is 5.91 Å². The third-order valence-corrected chi connectivity index (χ3v) is 4.50. The number of hydrogen-bond acceptors (Lipinski definition) is 3. The van der Waals surface area contributed by atoms with Gasteiger partial charge in [0.25, 0.3) is 0 Å². The van der Waals surface area contributed by atoms with E-state index in [2.05, 4.69) is 11.9 Å². The van der Waals surface area contributed by atoms with E-state index in [1.54, 1.807) is 0 Å². The molecule has 1 N–H and O–H groups in total. The summed E-state index contributed by atoms with van der Waals surface area (Å²) in [5, 5.41) is 2.86. The van der Waals surface area contributed by atoms with Gasteiger partial charge in [-0.2, -0.15) is 0 Å². The van der Waals surface area contributed by atoms with Crippen LogP contribution in [-0.4, -0.2) is 25.0 Å². The van der Waals surface area contributed by atoms with Gasteiger partial charge in [0, 0.05) is 0 Å². The van der Waals surface area contributed by atoms with Gasteiger partial charge in [-0.05, 0) is 31.4 Å². The van der Waals surface area contributed by atoms with E-state index < -0.39 is 17.4 Å². The summed E-state index contributed by atoms with van der Waals surface area (Å²) in [4.78, 5) is 25.4. The third-order valence-electron chi connectivity index (χ3n) is 4.50. The molecule has 0 fully saturated rings. The van der Waals surface area contributed by atoms with E-state index in [1.807, 2.05) is 74.5 Å². The maximum atomic E-state index is 13.3. The van der Waals surface area contributed by atoms with Crippen molar-refractivity contribution in [1.82, 2.24) is 5.32 Å². The molecule has 0 aromatic heterocycles. The standard InChI is InChI=1S/C22H25NO3/c1-16(2)15-19(20(24)26-4)23-21(25)22(3,17-11-7-5-8-12-17)18-13-9-6-10-14-18/h5-14,19H,1,15H2,2-4H3,(H,23,25)/t19-/m1/s1. The first kappa shape index (κ1) is 19.4. The number of esters is 1. The number of ether oxygens (including phenoxy) is 1. The quantitative estimate of drug-likeness (QED) is 0.612. The van der Waals surface area contributed by atoms with Gasteiger partial charge >= 0.3 is 5.97 Å². The molecule has 0 saturated carbocycles. The minimum Gasteiger partial charge on any atom is -0.467 e. The number of carbonyl (C=O) groups excluding carboxylic acids is 2. The smallest absolute Gasteiger partial charge is 0.328 e. The van der Waals surface area contributed by atoms with Crippen molar-refractivity contribution in [3.05, 3.63) is 83.9 Å². The number of nitrogens with one attached hydrogen (secondary N) is 1. The highest BCUT2D eigenvalue weighted by atomic mass is 16.5. The average Bonchev–Trinajstić information content (AvgIpc) is 2.67. The molecule has 0 aliphatic heterocycles. The second-order valence-electron chi connectivity index (χ2n) is 6.57. The summed E-state index contributed by atoms with van der Waals surface area (Å²) in [6, 6.07) is 18.3. The number of amides is 1. The van der Waals surface area contributed by atoms with Crippen LogP contribution in [0.4, 0.5) is 0 Å². The first-order valence-electron chi connectivity index (χ1n) is 8.53. The van der Waals surface area contributed by atoms with Crippen LogP contribution in [0.15, 0.2) is 72.8 Å². The Morgan fingerprint density at radius 3 is 1.88 bits per heavy atom. The number of methoxy groups -OCH3 is 1. The van der Waals surface area contributed by atoms with E-state index in [1.165, 1.54) is 7.11 Å². The molecule has 0 aliphatic carbocycles. The van der Waals surface area contributed by atoms with Crippen molar-refractivity contribution in [3.8, 4) is 0 Å². The molecule has 2 aromatic rings. The van der Waals surface area contributed by atoms with Gasteiger partial charge < -0.3 is 10.1 Å². The van der Waals surface area contributed by atoms with Crippen LogP contribution in [0.2, 0.25) is 0 Å². The van der Waals surface area contributed by atoms with Crippen molar-refractivity contribution in [2.75, 3.05) is 7.11 Å². The molecule has 0 unspecified atom stereocenters. The van der Waals surface area contributed by atoms with E-state index in [9.17, 15) is 9.59 Å². The van der Waals surface area contributed by atoms with Gasteiger partial charge in [0.1, 0.15) is 6.04 Å². The first-order valence-corrected chi connectivity index (χ1v) is 8.53. The number of hydrogen-bond donors (Lipinski definition) is 1. The van der Waals surface area contributed by atoms with Gasteiger partial charge in [-0.25, -0.2) is 4.79 Å². The average molecular weight is 351 g/mol. The molecule has 0 spiro atoms. The van der Waals surface area contributed by atoms with Crippen molar-refractivity contribution in [2.24, 2.45) is 0 Å². The van der Waals surface area contributed by atoms with E-state index in [0.717, 1.165) is 16.7 Å². The van der Waals surface area contributed by atoms with Crippen LogP contribution < -0.4 is 5.32 Å². The SMILES string of the molecule is C=C(C)C[C@@H](NC(=O)C(C)(c1ccccc1)c1ccccc1)C(=O)OC. The highest BCUT2D eigenvalue weighted by Gasteiger charge is 2.39. The molecule has 26 heavy (non-hydrogen) atoms. The zero-order chi connectivity index (χ0) is 19.2. The lowest BCUT2D eigenvalue weighted by molar-refractivity contribution is -0.145. The lowest BCUT2D eigenvalue weighted by atomic mass is 9.75. The minimum atomic E-state index is -0.941. The Kier molecular flexibility index (Phi) is 6.34. The van der Waals surface area contributed by atoms with Crippen LogP contribution in [0.1, 0.15) is 31.4 Å². The summed E-state index contributed by atoms with van der Waals surface area (Å²) in [5.74, 6) is -0.739. The first-order chi connectivity index (χ1) is 12.4. The maximum Gasteiger partial charge on any atom is 0.328 e. The molecule has 136 valence electrons. The Morgan fingerprint density at radius 2 is 1.50 bits per heavy atom. The van der Waals surface area contributed by atoms with Gasteiger partial charge in [-0.15, -0.1) is 6.58 Å². The number of rotatable bonds is 7. The predicted molar refractivity (Wildman–Crippen MR) is 103 cm³/mol. The predicted octanol–water partition coefficient (Wildman–Crippen LogP) is 3.62. The van der Waals surface area contributed by atoms with E-state index in [4.69, 9.17) is 4.74 Å². The van der Waals surface area contributed by atoms with Crippen LogP contribution in [0.25, 0.3) is 0 Å². The topological polar surface area (TPSA) is 55.4 Å². The molecule has 4 nitrogen and oxygen atoms in total. The summed E-state index contributed by atoms with van der Waals surface area (Å²) >= 11 is 0. The summed E-state index contributed by atoms with van der Waals surface area (Å²) < 4.78 is 4.84. The Bertz CT molecular complexity index is 729. The summed E-state index contributed by atoms with van der Waals surface area (Å²) in [5.41, 5.74) is 1.55. The molecule has 0 radical (unpaired) electrons. The van der Waals surface area contributed by atoms with E-state index >= 15 is 0 Å². The van der Waals surface area contributed by atoms with Crippen LogP contribution in [-0.2, 0) is 19.7 Å². The number of benzene rings is 2. The highest BCUT2D eigenvalue weighted by molar-refractivity contribution is 5.94. The maximum absolute atomic E-state index is 13.3. The third kappa shape index (κ3) is 4.20. The monoisotopic (exact) mass is 351 g/mol. The van der Waals surface area contributed by atoms with Crippen LogP contribution in [0.3, 0.4) is 0 Å². The highest BCUT2D eigenvalue weighted by Crippen LogP contribution is 2.32. The molecule has 0 saturated heterocycles. The van der Waals surface area contributed by atoms with Crippen LogP contribution in [0.5, 0.6) is 0 Å². The Hall–Kier alpha value is -2.88. The fourth-order valence-corrected chi connectivity index (χ4v) is 2.96. The van der Waals surface area contributed by atoms with Gasteiger partial charge in [0.05, 0.1) is 12.5 Å². The second kappa shape index (κ2) is 8.48. The molecule has 1 atom stereocenters. The molecule has 2 aromatic carbocycles. The van der Waals surface area contributed by atoms with Crippen molar-refractivity contribution < 1.29 is 14.3 Å². The summed E-state index contributed by atoms with van der Waals surface area (Å²) in [6.45, 7) is 7.52. The van der Waals surface area contributed by atoms with Gasteiger partial charge in [-0.1, -0.05) is 66.2 Å². The summed E-state index contributed by atoms with van der Waals surface area (Å²) in [7, 11) is 1.31. The van der Waals surface area contributed by atoms with Crippen molar-refractivity contribution >= 4 is 11.9 Å². The van der Waals surface area contributed by atoms with Crippen LogP contribution >= 0.6 is 0 Å². The van der Waals surface area contributed by atoms with Gasteiger partial charge in [-0.3, -0.25) is 4.79 Å². The summed E-state index contributed by atoms with van der Waals surface area (Å²) in [6.07, 6.45) is 0.331. The van der Waals surface area contributed by atoms with Crippen molar-refractivity contribution in [1.29, 1.82) is 0 Å². The second-order valence-corrected chi connectivity index (χ2v) is 6.57.